The smallest absolute Gasteiger partial charge is 0.257 e. The molecule has 0 radical (unpaired) electrons. The Balaban J connectivity index is 2.14. The van der Waals surface area contributed by atoms with Crippen LogP contribution in [0.1, 0.15) is 30.1 Å². The molecule has 0 saturated carbocycles. The molecule has 0 aliphatic carbocycles. The maximum Gasteiger partial charge on any atom is 0.257 e. The number of halogens is 1. The van der Waals surface area contributed by atoms with E-state index >= 15 is 0 Å². The fourth-order valence-corrected chi connectivity index (χ4v) is 2.25. The predicted octanol–water partition coefficient (Wildman–Crippen LogP) is 1.90. The average molecular weight is 281 g/mol. The van der Waals surface area contributed by atoms with Crippen LogP contribution in [0.15, 0.2) is 12.3 Å². The largest absolute Gasteiger partial charge is 0.380 e. The molecule has 0 spiro atoms. The molecular formula is C14H20FN3O2. The Bertz CT molecular complexity index is 481. The van der Waals surface area contributed by atoms with E-state index < -0.39 is 5.82 Å². The SMILES string of the molecule is CCCNc1nccc(C(=O)N2CCC(OC)C2)c1F. The Labute approximate surface area is 118 Å². The number of nitrogens with one attached hydrogen (secondary N) is 1. The van der Waals surface area contributed by atoms with Crippen molar-refractivity contribution in [2.24, 2.45) is 0 Å². The number of amides is 1. The molecule has 5 nitrogen and oxygen atoms in total. The van der Waals surface area contributed by atoms with Crippen molar-refractivity contribution in [1.82, 2.24) is 9.88 Å². The third-order valence-corrected chi connectivity index (χ3v) is 3.43. The van der Waals surface area contributed by atoms with Gasteiger partial charge in [-0.25, -0.2) is 9.37 Å². The quantitative estimate of drug-likeness (QED) is 0.895. The zero-order valence-corrected chi connectivity index (χ0v) is 11.9. The number of hydrogen-bond donors (Lipinski definition) is 1. The molecule has 1 aliphatic heterocycles. The lowest BCUT2D eigenvalue weighted by Crippen LogP contribution is -2.30. The maximum absolute atomic E-state index is 14.3. The van der Waals surface area contributed by atoms with Crippen LogP contribution in [0.2, 0.25) is 0 Å². The van der Waals surface area contributed by atoms with Crippen LogP contribution < -0.4 is 5.32 Å². The van der Waals surface area contributed by atoms with Gasteiger partial charge in [0.25, 0.3) is 5.91 Å². The fraction of sp³-hybridized carbons (Fsp3) is 0.571. The molecule has 0 aromatic carbocycles. The lowest BCUT2D eigenvalue weighted by Gasteiger charge is -2.17. The number of rotatable bonds is 5. The minimum Gasteiger partial charge on any atom is -0.380 e. The van der Waals surface area contributed by atoms with E-state index in [1.807, 2.05) is 6.92 Å². The van der Waals surface area contributed by atoms with Gasteiger partial charge < -0.3 is 15.0 Å². The third kappa shape index (κ3) is 3.07. The van der Waals surface area contributed by atoms with Gasteiger partial charge >= 0.3 is 0 Å². The molecule has 1 fully saturated rings. The predicted molar refractivity (Wildman–Crippen MR) is 74.3 cm³/mol. The van der Waals surface area contributed by atoms with Gasteiger partial charge in [-0.2, -0.15) is 0 Å². The van der Waals surface area contributed by atoms with Crippen LogP contribution in [0, 0.1) is 5.82 Å². The summed E-state index contributed by atoms with van der Waals surface area (Å²) in [5.74, 6) is -0.740. The zero-order chi connectivity index (χ0) is 14.5. The highest BCUT2D eigenvalue weighted by Gasteiger charge is 2.28. The highest BCUT2D eigenvalue weighted by atomic mass is 19.1. The van der Waals surface area contributed by atoms with E-state index in [1.165, 1.54) is 12.3 Å². The van der Waals surface area contributed by atoms with Crippen LogP contribution >= 0.6 is 0 Å². The Morgan fingerprint density at radius 3 is 3.10 bits per heavy atom. The minimum atomic E-state index is -0.577. The van der Waals surface area contributed by atoms with Gasteiger partial charge in [-0.1, -0.05) is 6.92 Å². The average Bonchev–Trinajstić information content (AvgIpc) is 2.94. The summed E-state index contributed by atoms with van der Waals surface area (Å²) in [6.45, 7) is 3.71. The van der Waals surface area contributed by atoms with Gasteiger partial charge in [0, 0.05) is 32.9 Å². The van der Waals surface area contributed by atoms with Crippen molar-refractivity contribution in [2.45, 2.75) is 25.9 Å². The first-order valence-corrected chi connectivity index (χ1v) is 6.87. The molecule has 1 aliphatic rings. The topological polar surface area (TPSA) is 54.5 Å². The Morgan fingerprint density at radius 1 is 1.65 bits per heavy atom. The fourth-order valence-electron chi connectivity index (χ4n) is 2.25. The molecule has 1 amide bonds. The van der Waals surface area contributed by atoms with Crippen molar-refractivity contribution in [3.63, 3.8) is 0 Å². The highest BCUT2D eigenvalue weighted by Crippen LogP contribution is 2.20. The van der Waals surface area contributed by atoms with Gasteiger partial charge in [0.2, 0.25) is 0 Å². The van der Waals surface area contributed by atoms with Gasteiger partial charge in [-0.15, -0.1) is 0 Å². The molecule has 2 rings (SSSR count). The van der Waals surface area contributed by atoms with Gasteiger partial charge in [-0.3, -0.25) is 4.79 Å². The first-order valence-electron chi connectivity index (χ1n) is 6.87. The van der Waals surface area contributed by atoms with Crippen LogP contribution in [0.5, 0.6) is 0 Å². The summed E-state index contributed by atoms with van der Waals surface area (Å²) < 4.78 is 19.5. The number of methoxy groups -OCH3 is 1. The second-order valence-electron chi connectivity index (χ2n) is 4.85. The van der Waals surface area contributed by atoms with Crippen LogP contribution in [0.4, 0.5) is 10.2 Å². The van der Waals surface area contributed by atoms with Gasteiger partial charge in [0.05, 0.1) is 11.7 Å². The molecule has 1 atom stereocenters. The summed E-state index contributed by atoms with van der Waals surface area (Å²) in [6, 6.07) is 1.43. The maximum atomic E-state index is 14.3. The summed E-state index contributed by atoms with van der Waals surface area (Å²) >= 11 is 0. The zero-order valence-electron chi connectivity index (χ0n) is 11.9. The number of anilines is 1. The molecule has 1 aromatic heterocycles. The van der Waals surface area contributed by atoms with E-state index in [0.29, 0.717) is 19.6 Å². The Hall–Kier alpha value is -1.69. The standard InChI is InChI=1S/C14H20FN3O2/c1-3-6-16-13-12(15)11(4-7-17-13)14(19)18-8-5-10(9-18)20-2/h4,7,10H,3,5-6,8-9H2,1-2H3,(H,16,17). The monoisotopic (exact) mass is 281 g/mol. The van der Waals surface area contributed by atoms with E-state index in [0.717, 1.165) is 12.8 Å². The molecule has 6 heteroatoms. The second-order valence-corrected chi connectivity index (χ2v) is 4.85. The number of aromatic nitrogens is 1. The number of carbonyl (C=O) groups excluding carboxylic acids is 1. The molecule has 1 N–H and O–H groups in total. The van der Waals surface area contributed by atoms with E-state index in [1.54, 1.807) is 12.0 Å². The number of nitrogens with zero attached hydrogens (tertiary/aromatic N) is 2. The lowest BCUT2D eigenvalue weighted by molar-refractivity contribution is 0.0720. The van der Waals surface area contributed by atoms with E-state index in [4.69, 9.17) is 4.74 Å². The first kappa shape index (κ1) is 14.7. The van der Waals surface area contributed by atoms with Crippen molar-refractivity contribution >= 4 is 11.7 Å². The van der Waals surface area contributed by atoms with Crippen molar-refractivity contribution < 1.29 is 13.9 Å². The summed E-state index contributed by atoms with van der Waals surface area (Å²) in [5, 5.41) is 2.89. The summed E-state index contributed by atoms with van der Waals surface area (Å²) in [6.07, 6.45) is 3.15. The molecule has 2 heterocycles. The number of carbonyl (C=O) groups is 1. The first-order chi connectivity index (χ1) is 9.67. The summed E-state index contributed by atoms with van der Waals surface area (Å²) in [7, 11) is 1.62. The number of ether oxygens (including phenoxy) is 1. The highest BCUT2D eigenvalue weighted by molar-refractivity contribution is 5.95. The van der Waals surface area contributed by atoms with E-state index in [9.17, 15) is 9.18 Å². The van der Waals surface area contributed by atoms with Gasteiger partial charge in [-0.05, 0) is 18.9 Å². The Morgan fingerprint density at radius 2 is 2.45 bits per heavy atom. The van der Waals surface area contributed by atoms with E-state index in [2.05, 4.69) is 10.3 Å². The Kier molecular flexibility index (Phi) is 4.89. The van der Waals surface area contributed by atoms with Crippen molar-refractivity contribution in [3.8, 4) is 0 Å². The second kappa shape index (κ2) is 6.65. The summed E-state index contributed by atoms with van der Waals surface area (Å²) in [5.41, 5.74) is 0.0651. The van der Waals surface area contributed by atoms with Crippen molar-refractivity contribution in [1.29, 1.82) is 0 Å². The summed E-state index contributed by atoms with van der Waals surface area (Å²) in [4.78, 5) is 17.9. The molecule has 1 aromatic rings. The number of hydrogen-bond acceptors (Lipinski definition) is 4. The number of pyridine rings is 1. The molecular weight excluding hydrogens is 261 g/mol. The van der Waals surface area contributed by atoms with Gasteiger partial charge in [0.15, 0.2) is 11.6 Å². The molecule has 1 saturated heterocycles. The molecule has 110 valence electrons. The number of likely N-dealkylation sites (tertiary alicyclic amines) is 1. The third-order valence-electron chi connectivity index (χ3n) is 3.43. The van der Waals surface area contributed by atoms with Crippen LogP contribution in [-0.4, -0.2) is 48.6 Å². The van der Waals surface area contributed by atoms with Crippen molar-refractivity contribution in [2.75, 3.05) is 32.1 Å². The molecule has 20 heavy (non-hydrogen) atoms. The van der Waals surface area contributed by atoms with E-state index in [-0.39, 0.29) is 23.4 Å². The van der Waals surface area contributed by atoms with Crippen LogP contribution in [0.3, 0.4) is 0 Å². The normalized spacial score (nSPS) is 18.4. The minimum absolute atomic E-state index is 0.0431. The van der Waals surface area contributed by atoms with Crippen molar-refractivity contribution in [3.05, 3.63) is 23.6 Å². The lowest BCUT2D eigenvalue weighted by atomic mass is 10.2. The van der Waals surface area contributed by atoms with Gasteiger partial charge in [0.1, 0.15) is 0 Å². The van der Waals surface area contributed by atoms with Crippen LogP contribution in [0.25, 0.3) is 0 Å². The van der Waals surface area contributed by atoms with Crippen LogP contribution in [-0.2, 0) is 4.74 Å². The molecule has 0 bridgehead atoms. The molecule has 1 unspecified atom stereocenters.